The molecule has 0 saturated carbocycles. The summed E-state index contributed by atoms with van der Waals surface area (Å²) in [5.74, 6) is -0.101. The molecule has 12 heteroatoms. The van der Waals surface area contributed by atoms with Gasteiger partial charge in [-0.05, 0) is 31.2 Å². The number of benzene rings is 1. The Morgan fingerprint density at radius 3 is 2.69 bits per heavy atom. The standard InChI is InChI=1S/C24H24F3N5O4/c1-15-19(20-13-21(32-5-8-35-9-6-32)31-23(30-20)36-10-7-33)12-18(14-28-15)29-22(34)16-3-2-4-17(11-16)24(25,26)27/h2-4,11-14,33H,5-10H2,1H3,(H,29,34). The van der Waals surface area contributed by atoms with Crippen LogP contribution in [-0.4, -0.2) is 65.5 Å². The number of nitrogens with one attached hydrogen (secondary N) is 1. The van der Waals surface area contributed by atoms with E-state index in [1.165, 1.54) is 18.3 Å². The number of morpholine rings is 1. The molecule has 36 heavy (non-hydrogen) atoms. The number of aliphatic hydroxyl groups excluding tert-OH is 1. The molecule has 190 valence electrons. The number of anilines is 2. The van der Waals surface area contributed by atoms with Gasteiger partial charge >= 0.3 is 12.2 Å². The summed E-state index contributed by atoms with van der Waals surface area (Å²) in [7, 11) is 0. The molecule has 2 aromatic heterocycles. The Hall–Kier alpha value is -3.77. The SMILES string of the molecule is Cc1ncc(NC(=O)c2cccc(C(F)(F)F)c2)cc1-c1cc(N2CCOCC2)nc(OCCO)n1. The maximum Gasteiger partial charge on any atom is 0.416 e. The van der Waals surface area contributed by atoms with Crippen LogP contribution in [0.4, 0.5) is 24.7 Å². The number of amides is 1. The first-order valence-corrected chi connectivity index (χ1v) is 11.2. The van der Waals surface area contributed by atoms with Gasteiger partial charge in [0.15, 0.2) is 0 Å². The van der Waals surface area contributed by atoms with Gasteiger partial charge in [0.25, 0.3) is 5.91 Å². The fourth-order valence-electron chi connectivity index (χ4n) is 3.61. The van der Waals surface area contributed by atoms with Crippen molar-refractivity contribution in [1.82, 2.24) is 15.0 Å². The van der Waals surface area contributed by atoms with Crippen LogP contribution < -0.4 is 15.0 Å². The average Bonchev–Trinajstić information content (AvgIpc) is 2.88. The molecule has 0 unspecified atom stereocenters. The zero-order valence-electron chi connectivity index (χ0n) is 19.4. The molecule has 1 aromatic carbocycles. The van der Waals surface area contributed by atoms with E-state index in [1.807, 2.05) is 4.90 Å². The van der Waals surface area contributed by atoms with Gasteiger partial charge in [-0.3, -0.25) is 9.78 Å². The van der Waals surface area contributed by atoms with Crippen LogP contribution in [0.15, 0.2) is 42.6 Å². The number of nitrogens with zero attached hydrogens (tertiary/aromatic N) is 4. The van der Waals surface area contributed by atoms with E-state index in [4.69, 9.17) is 14.6 Å². The van der Waals surface area contributed by atoms with Gasteiger partial charge in [0, 0.05) is 36.0 Å². The van der Waals surface area contributed by atoms with Crippen molar-refractivity contribution in [2.75, 3.05) is 49.7 Å². The minimum atomic E-state index is -4.56. The van der Waals surface area contributed by atoms with Crippen molar-refractivity contribution < 1.29 is 32.5 Å². The highest BCUT2D eigenvalue weighted by Gasteiger charge is 2.31. The first kappa shape index (κ1) is 25.3. The van der Waals surface area contributed by atoms with Gasteiger partial charge in [-0.15, -0.1) is 0 Å². The molecule has 1 fully saturated rings. The number of hydrogen-bond donors (Lipinski definition) is 2. The number of alkyl halides is 3. The number of pyridine rings is 1. The maximum absolute atomic E-state index is 13.0. The van der Waals surface area contributed by atoms with E-state index in [1.54, 1.807) is 19.1 Å². The molecule has 1 aliphatic heterocycles. The van der Waals surface area contributed by atoms with Gasteiger partial charge < -0.3 is 24.8 Å². The fourth-order valence-corrected chi connectivity index (χ4v) is 3.61. The van der Waals surface area contributed by atoms with E-state index in [0.717, 1.165) is 12.1 Å². The molecule has 0 radical (unpaired) electrons. The molecule has 4 rings (SSSR count). The van der Waals surface area contributed by atoms with Crippen LogP contribution in [0.5, 0.6) is 6.01 Å². The minimum Gasteiger partial charge on any atom is -0.461 e. The lowest BCUT2D eigenvalue weighted by molar-refractivity contribution is -0.137. The maximum atomic E-state index is 13.0. The second-order valence-electron chi connectivity index (χ2n) is 7.96. The summed E-state index contributed by atoms with van der Waals surface area (Å²) in [6, 6.07) is 7.65. The summed E-state index contributed by atoms with van der Waals surface area (Å²) in [6.07, 6.45) is -3.15. The molecule has 0 bridgehead atoms. The number of rotatable bonds is 7. The Bertz CT molecular complexity index is 1230. The number of carbonyl (C=O) groups is 1. The van der Waals surface area contributed by atoms with Crippen LogP contribution in [0.25, 0.3) is 11.3 Å². The van der Waals surface area contributed by atoms with E-state index in [-0.39, 0.29) is 30.5 Å². The van der Waals surface area contributed by atoms with Crippen LogP contribution in [-0.2, 0) is 10.9 Å². The van der Waals surface area contributed by atoms with Crippen molar-refractivity contribution in [3.63, 3.8) is 0 Å². The van der Waals surface area contributed by atoms with Crippen molar-refractivity contribution >= 4 is 17.4 Å². The lowest BCUT2D eigenvalue weighted by Gasteiger charge is -2.28. The largest absolute Gasteiger partial charge is 0.461 e. The summed E-state index contributed by atoms with van der Waals surface area (Å²) in [5, 5.41) is 11.7. The monoisotopic (exact) mass is 503 g/mol. The second kappa shape index (κ2) is 10.9. The van der Waals surface area contributed by atoms with E-state index in [0.29, 0.717) is 49.1 Å². The van der Waals surface area contributed by atoms with Gasteiger partial charge in [0.1, 0.15) is 12.4 Å². The Balaban J connectivity index is 1.64. The summed E-state index contributed by atoms with van der Waals surface area (Å²) >= 11 is 0. The fraction of sp³-hybridized carbons (Fsp3) is 0.333. The zero-order valence-corrected chi connectivity index (χ0v) is 19.4. The van der Waals surface area contributed by atoms with Gasteiger partial charge in [-0.2, -0.15) is 23.1 Å². The van der Waals surface area contributed by atoms with Crippen LogP contribution in [0, 0.1) is 6.92 Å². The third kappa shape index (κ3) is 6.07. The normalized spacial score (nSPS) is 14.0. The van der Waals surface area contributed by atoms with Gasteiger partial charge in [0.2, 0.25) is 0 Å². The molecular formula is C24H24F3N5O4. The lowest BCUT2D eigenvalue weighted by atomic mass is 10.1. The number of hydrogen-bond acceptors (Lipinski definition) is 8. The zero-order chi connectivity index (χ0) is 25.7. The van der Waals surface area contributed by atoms with Crippen molar-refractivity contribution in [3.8, 4) is 17.3 Å². The summed E-state index contributed by atoms with van der Waals surface area (Å²) in [4.78, 5) is 27.9. The number of aryl methyl sites for hydroxylation is 1. The third-order valence-corrected chi connectivity index (χ3v) is 5.42. The highest BCUT2D eigenvalue weighted by atomic mass is 19.4. The molecule has 9 nitrogen and oxygen atoms in total. The summed E-state index contributed by atoms with van der Waals surface area (Å²) < 4.78 is 50.0. The summed E-state index contributed by atoms with van der Waals surface area (Å²) in [5.41, 5.74) is 0.879. The highest BCUT2D eigenvalue weighted by Crippen LogP contribution is 2.31. The van der Waals surface area contributed by atoms with Crippen molar-refractivity contribution in [1.29, 1.82) is 0 Å². The van der Waals surface area contributed by atoms with Crippen molar-refractivity contribution in [2.45, 2.75) is 13.1 Å². The molecule has 1 amide bonds. The van der Waals surface area contributed by atoms with Gasteiger partial charge in [-0.1, -0.05) is 6.07 Å². The average molecular weight is 503 g/mol. The molecule has 0 atom stereocenters. The predicted molar refractivity (Wildman–Crippen MR) is 125 cm³/mol. The second-order valence-corrected chi connectivity index (χ2v) is 7.96. The first-order valence-electron chi connectivity index (χ1n) is 11.2. The molecule has 3 aromatic rings. The predicted octanol–water partition coefficient (Wildman–Crippen LogP) is 3.33. The van der Waals surface area contributed by atoms with Crippen molar-refractivity contribution in [3.05, 3.63) is 59.4 Å². The number of aromatic nitrogens is 3. The van der Waals surface area contributed by atoms with E-state index < -0.39 is 17.6 Å². The molecule has 0 spiro atoms. The smallest absolute Gasteiger partial charge is 0.416 e. The van der Waals surface area contributed by atoms with E-state index >= 15 is 0 Å². The molecule has 1 aliphatic rings. The van der Waals surface area contributed by atoms with Crippen LogP contribution >= 0.6 is 0 Å². The first-order chi connectivity index (χ1) is 17.2. The van der Waals surface area contributed by atoms with Crippen LogP contribution in [0.3, 0.4) is 0 Å². The molecule has 2 N–H and O–H groups in total. The molecule has 3 heterocycles. The van der Waals surface area contributed by atoms with Crippen molar-refractivity contribution in [2.24, 2.45) is 0 Å². The number of aliphatic hydroxyl groups is 1. The van der Waals surface area contributed by atoms with E-state index in [2.05, 4.69) is 20.3 Å². The minimum absolute atomic E-state index is 0.0102. The Morgan fingerprint density at radius 1 is 1.19 bits per heavy atom. The number of carbonyl (C=O) groups excluding carboxylic acids is 1. The number of ether oxygens (including phenoxy) is 2. The molecule has 0 aliphatic carbocycles. The quantitative estimate of drug-likeness (QED) is 0.506. The van der Waals surface area contributed by atoms with Gasteiger partial charge in [0.05, 0.1) is 43.0 Å². The summed E-state index contributed by atoms with van der Waals surface area (Å²) in [6.45, 7) is 3.90. The lowest BCUT2D eigenvalue weighted by Crippen LogP contribution is -2.36. The van der Waals surface area contributed by atoms with Crippen LogP contribution in [0.2, 0.25) is 0 Å². The Kier molecular flexibility index (Phi) is 7.65. The van der Waals surface area contributed by atoms with Crippen LogP contribution in [0.1, 0.15) is 21.6 Å². The Labute approximate surface area is 204 Å². The molecular weight excluding hydrogens is 479 g/mol. The molecule has 1 saturated heterocycles. The highest BCUT2D eigenvalue weighted by molar-refractivity contribution is 6.04. The third-order valence-electron chi connectivity index (χ3n) is 5.42. The van der Waals surface area contributed by atoms with Gasteiger partial charge in [-0.25, -0.2) is 0 Å². The number of halogens is 3. The topological polar surface area (TPSA) is 110 Å². The Morgan fingerprint density at radius 2 is 1.97 bits per heavy atom. The van der Waals surface area contributed by atoms with E-state index in [9.17, 15) is 18.0 Å².